The number of benzene rings is 2. The van der Waals surface area contributed by atoms with Gasteiger partial charge in [0.2, 0.25) is 0 Å². The highest BCUT2D eigenvalue weighted by Crippen LogP contribution is 2.22. The number of hydrogen-bond donors (Lipinski definition) is 2. The van der Waals surface area contributed by atoms with E-state index in [0.29, 0.717) is 22.1 Å². The van der Waals surface area contributed by atoms with E-state index in [1.54, 1.807) is 18.2 Å². The maximum atomic E-state index is 12.1. The fraction of sp³-hybridized carbons (Fsp3) is 0.167. The van der Waals surface area contributed by atoms with E-state index in [-0.39, 0.29) is 5.56 Å². The van der Waals surface area contributed by atoms with E-state index in [2.05, 4.69) is 10.9 Å². The molecule has 2 aromatic carbocycles. The minimum absolute atomic E-state index is 0.157. The molecule has 0 fully saturated rings. The molecule has 2 amide bonds. The van der Waals surface area contributed by atoms with Crippen molar-refractivity contribution in [3.05, 3.63) is 58.6 Å². The zero-order valence-corrected chi connectivity index (χ0v) is 15.3. The van der Waals surface area contributed by atoms with Crippen LogP contribution in [0.1, 0.15) is 20.7 Å². The number of nitrogens with one attached hydrogen (secondary N) is 2. The van der Waals surface area contributed by atoms with Crippen molar-refractivity contribution in [3.63, 3.8) is 0 Å². The number of esters is 1. The van der Waals surface area contributed by atoms with E-state index in [0.717, 1.165) is 0 Å². The summed E-state index contributed by atoms with van der Waals surface area (Å²) in [7, 11) is 2.89. The first-order chi connectivity index (χ1) is 12.9. The monoisotopic (exact) mass is 392 g/mol. The number of hydrogen-bond acceptors (Lipinski definition) is 6. The number of ether oxygens (including phenoxy) is 3. The Bertz CT molecular complexity index is 816. The Kier molecular flexibility index (Phi) is 7.01. The number of carbonyl (C=O) groups is 3. The molecule has 2 N–H and O–H groups in total. The third kappa shape index (κ3) is 5.89. The van der Waals surface area contributed by atoms with Crippen LogP contribution in [-0.4, -0.2) is 38.6 Å². The fourth-order valence-corrected chi connectivity index (χ4v) is 2.10. The molecule has 2 rings (SSSR count). The van der Waals surface area contributed by atoms with E-state index in [1.165, 1.54) is 38.5 Å². The molecule has 0 aromatic heterocycles. The standard InChI is InChI=1S/C18H17ClN2O6/c1-25-14-7-12(8-15(9-14)26-2)18(24)27-10-16(22)20-21-17(23)11-3-5-13(19)6-4-11/h3-9H,10H2,1-2H3,(H,20,22)(H,21,23). The molecule has 9 heteroatoms. The molecule has 0 spiro atoms. The summed E-state index contributed by atoms with van der Waals surface area (Å²) in [5.74, 6) is -1.18. The predicted octanol–water partition coefficient (Wildman–Crippen LogP) is 1.98. The van der Waals surface area contributed by atoms with Crippen LogP contribution in [0.4, 0.5) is 0 Å². The van der Waals surface area contributed by atoms with Crippen LogP contribution in [0.2, 0.25) is 5.02 Å². The molecule has 2 aromatic rings. The number of rotatable bonds is 6. The van der Waals surface area contributed by atoms with Gasteiger partial charge in [0.15, 0.2) is 6.61 Å². The maximum Gasteiger partial charge on any atom is 0.338 e. The maximum absolute atomic E-state index is 12.1. The Morgan fingerprint density at radius 3 is 2.04 bits per heavy atom. The first kappa shape index (κ1) is 20.1. The van der Waals surface area contributed by atoms with Gasteiger partial charge >= 0.3 is 5.97 Å². The normalized spacial score (nSPS) is 9.89. The molecule has 0 bridgehead atoms. The van der Waals surface area contributed by atoms with Crippen molar-refractivity contribution in [2.45, 2.75) is 0 Å². The third-order valence-electron chi connectivity index (χ3n) is 3.34. The first-order valence-corrected chi connectivity index (χ1v) is 8.05. The molecule has 0 atom stereocenters. The summed E-state index contributed by atoms with van der Waals surface area (Å²) in [6.07, 6.45) is 0. The van der Waals surface area contributed by atoms with Gasteiger partial charge in [-0.15, -0.1) is 0 Å². The SMILES string of the molecule is COc1cc(OC)cc(C(=O)OCC(=O)NNC(=O)c2ccc(Cl)cc2)c1. The predicted molar refractivity (Wildman–Crippen MR) is 96.9 cm³/mol. The van der Waals surface area contributed by atoms with Gasteiger partial charge in [-0.1, -0.05) is 11.6 Å². The Morgan fingerprint density at radius 1 is 0.889 bits per heavy atom. The molecule has 0 radical (unpaired) electrons. The summed E-state index contributed by atoms with van der Waals surface area (Å²) in [6.45, 7) is -0.584. The molecular weight excluding hydrogens is 376 g/mol. The summed E-state index contributed by atoms with van der Waals surface area (Å²) in [6, 6.07) is 10.6. The zero-order chi connectivity index (χ0) is 19.8. The first-order valence-electron chi connectivity index (χ1n) is 7.68. The van der Waals surface area contributed by atoms with E-state index in [1.807, 2.05) is 0 Å². The van der Waals surface area contributed by atoms with Crippen molar-refractivity contribution in [1.29, 1.82) is 0 Å². The average molecular weight is 393 g/mol. The van der Waals surface area contributed by atoms with Crippen molar-refractivity contribution in [2.24, 2.45) is 0 Å². The minimum atomic E-state index is -0.744. The Labute approximate surface area is 160 Å². The Hall–Kier alpha value is -3.26. The van der Waals surface area contributed by atoms with Crippen molar-refractivity contribution in [1.82, 2.24) is 10.9 Å². The van der Waals surface area contributed by atoms with Crippen LogP contribution in [0.25, 0.3) is 0 Å². The quantitative estimate of drug-likeness (QED) is 0.575. The van der Waals surface area contributed by atoms with Crippen molar-refractivity contribution in [3.8, 4) is 11.5 Å². The van der Waals surface area contributed by atoms with Crippen molar-refractivity contribution >= 4 is 29.4 Å². The van der Waals surface area contributed by atoms with Gasteiger partial charge in [-0.3, -0.25) is 20.4 Å². The number of methoxy groups -OCH3 is 2. The summed E-state index contributed by atoms with van der Waals surface area (Å²) < 4.78 is 15.0. The largest absolute Gasteiger partial charge is 0.497 e. The van der Waals surface area contributed by atoms with Crippen LogP contribution in [0.15, 0.2) is 42.5 Å². The molecule has 0 aliphatic heterocycles. The topological polar surface area (TPSA) is 103 Å². The molecule has 0 heterocycles. The Morgan fingerprint density at radius 2 is 1.48 bits per heavy atom. The summed E-state index contributed by atoms with van der Waals surface area (Å²) in [4.78, 5) is 35.7. The van der Waals surface area contributed by atoms with Crippen LogP contribution in [0.3, 0.4) is 0 Å². The average Bonchev–Trinajstić information content (AvgIpc) is 2.70. The summed E-state index contributed by atoms with van der Waals surface area (Å²) in [5.41, 5.74) is 4.82. The van der Waals surface area contributed by atoms with Crippen molar-refractivity contribution in [2.75, 3.05) is 20.8 Å². The number of hydrazine groups is 1. The van der Waals surface area contributed by atoms with Crippen LogP contribution in [-0.2, 0) is 9.53 Å². The highest BCUT2D eigenvalue weighted by Gasteiger charge is 2.14. The van der Waals surface area contributed by atoms with Gasteiger partial charge in [0.05, 0.1) is 19.8 Å². The summed E-state index contributed by atoms with van der Waals surface area (Å²) in [5, 5.41) is 0.483. The van der Waals surface area contributed by atoms with Gasteiger partial charge in [0.1, 0.15) is 11.5 Å². The number of amides is 2. The van der Waals surface area contributed by atoms with Crippen LogP contribution >= 0.6 is 11.6 Å². The van der Waals surface area contributed by atoms with Crippen LogP contribution < -0.4 is 20.3 Å². The smallest absolute Gasteiger partial charge is 0.338 e. The van der Waals surface area contributed by atoms with Gasteiger partial charge in [0.25, 0.3) is 11.8 Å². The minimum Gasteiger partial charge on any atom is -0.497 e. The molecule has 27 heavy (non-hydrogen) atoms. The second-order valence-corrected chi connectivity index (χ2v) is 5.62. The van der Waals surface area contributed by atoms with Crippen LogP contribution in [0.5, 0.6) is 11.5 Å². The number of carbonyl (C=O) groups excluding carboxylic acids is 3. The molecule has 0 saturated carbocycles. The van der Waals surface area contributed by atoms with Crippen molar-refractivity contribution < 1.29 is 28.6 Å². The molecule has 8 nitrogen and oxygen atoms in total. The molecular formula is C18H17ClN2O6. The third-order valence-corrected chi connectivity index (χ3v) is 3.60. The molecule has 0 aliphatic carbocycles. The van der Waals surface area contributed by atoms with Gasteiger partial charge in [-0.25, -0.2) is 4.79 Å². The van der Waals surface area contributed by atoms with E-state index < -0.39 is 24.4 Å². The molecule has 0 unspecified atom stereocenters. The van der Waals surface area contributed by atoms with Gasteiger partial charge in [-0.2, -0.15) is 0 Å². The second-order valence-electron chi connectivity index (χ2n) is 5.19. The van der Waals surface area contributed by atoms with Crippen LogP contribution in [0, 0.1) is 0 Å². The highest BCUT2D eigenvalue weighted by molar-refractivity contribution is 6.30. The number of halogens is 1. The van der Waals surface area contributed by atoms with E-state index in [9.17, 15) is 14.4 Å². The van der Waals surface area contributed by atoms with E-state index >= 15 is 0 Å². The van der Waals surface area contributed by atoms with E-state index in [4.69, 9.17) is 25.8 Å². The second kappa shape index (κ2) is 9.44. The molecule has 142 valence electrons. The lowest BCUT2D eigenvalue weighted by atomic mass is 10.2. The lowest BCUT2D eigenvalue weighted by Gasteiger charge is -2.10. The highest BCUT2D eigenvalue weighted by atomic mass is 35.5. The summed E-state index contributed by atoms with van der Waals surface area (Å²) >= 11 is 5.74. The van der Waals surface area contributed by atoms with Gasteiger partial charge in [-0.05, 0) is 36.4 Å². The zero-order valence-electron chi connectivity index (χ0n) is 14.6. The van der Waals surface area contributed by atoms with Gasteiger partial charge in [0, 0.05) is 16.7 Å². The molecule has 0 saturated heterocycles. The lowest BCUT2D eigenvalue weighted by Crippen LogP contribution is -2.43. The fourth-order valence-electron chi connectivity index (χ4n) is 1.98. The Balaban J connectivity index is 1.85. The van der Waals surface area contributed by atoms with Gasteiger partial charge < -0.3 is 14.2 Å². The molecule has 0 aliphatic rings. The lowest BCUT2D eigenvalue weighted by molar-refractivity contribution is -0.125.